The molecule has 17 heavy (non-hydrogen) atoms. The molecular formula is C13H18N2O2. The first-order chi connectivity index (χ1) is 8.31. The van der Waals surface area contributed by atoms with Gasteiger partial charge in [-0.3, -0.25) is 4.79 Å². The number of carbonyl (C=O) groups is 1. The highest BCUT2D eigenvalue weighted by Gasteiger charge is 2.14. The minimum Gasteiger partial charge on any atom is -0.493 e. The second-order valence-corrected chi connectivity index (χ2v) is 4.13. The summed E-state index contributed by atoms with van der Waals surface area (Å²) in [5.41, 5.74) is 1.85. The van der Waals surface area contributed by atoms with E-state index < -0.39 is 0 Å². The monoisotopic (exact) mass is 234 g/mol. The van der Waals surface area contributed by atoms with Gasteiger partial charge in [-0.15, -0.1) is 0 Å². The fourth-order valence-electron chi connectivity index (χ4n) is 1.90. The van der Waals surface area contributed by atoms with Gasteiger partial charge in [-0.2, -0.15) is 0 Å². The van der Waals surface area contributed by atoms with Gasteiger partial charge in [0.2, 0.25) is 0 Å². The molecular weight excluding hydrogens is 216 g/mol. The summed E-state index contributed by atoms with van der Waals surface area (Å²) >= 11 is 0. The maximum atomic E-state index is 11.8. The van der Waals surface area contributed by atoms with Gasteiger partial charge in [-0.1, -0.05) is 0 Å². The van der Waals surface area contributed by atoms with Gasteiger partial charge in [0.05, 0.1) is 6.61 Å². The van der Waals surface area contributed by atoms with Crippen LogP contribution in [0.2, 0.25) is 0 Å². The van der Waals surface area contributed by atoms with E-state index in [0.29, 0.717) is 6.54 Å². The molecule has 0 bridgehead atoms. The van der Waals surface area contributed by atoms with Crippen molar-refractivity contribution < 1.29 is 9.53 Å². The van der Waals surface area contributed by atoms with Crippen LogP contribution in [0.4, 0.5) is 0 Å². The number of fused-ring (bicyclic) bond motifs is 1. The lowest BCUT2D eigenvalue weighted by Crippen LogP contribution is -2.26. The van der Waals surface area contributed by atoms with E-state index in [1.54, 1.807) is 0 Å². The maximum Gasteiger partial charge on any atom is 0.251 e. The number of ether oxygens (including phenoxy) is 1. The van der Waals surface area contributed by atoms with Crippen LogP contribution in [0.1, 0.15) is 22.3 Å². The largest absolute Gasteiger partial charge is 0.493 e. The first-order valence-corrected chi connectivity index (χ1v) is 6.00. The van der Waals surface area contributed by atoms with Crippen molar-refractivity contribution in [1.29, 1.82) is 0 Å². The summed E-state index contributed by atoms with van der Waals surface area (Å²) in [5, 5.41) is 5.95. The van der Waals surface area contributed by atoms with Crippen LogP contribution >= 0.6 is 0 Å². The van der Waals surface area contributed by atoms with Gasteiger partial charge in [-0.25, -0.2) is 0 Å². The topological polar surface area (TPSA) is 50.4 Å². The van der Waals surface area contributed by atoms with Gasteiger partial charge in [0, 0.05) is 18.5 Å². The molecule has 0 saturated heterocycles. The third-order valence-electron chi connectivity index (χ3n) is 2.84. The Kier molecular flexibility index (Phi) is 3.98. The van der Waals surface area contributed by atoms with Crippen molar-refractivity contribution in [2.75, 3.05) is 26.7 Å². The van der Waals surface area contributed by atoms with Crippen LogP contribution in [0.3, 0.4) is 0 Å². The Morgan fingerprint density at radius 3 is 3.12 bits per heavy atom. The Hall–Kier alpha value is -1.55. The number of benzene rings is 1. The third kappa shape index (κ3) is 2.97. The maximum absolute atomic E-state index is 11.8. The van der Waals surface area contributed by atoms with E-state index in [9.17, 15) is 4.79 Å². The average Bonchev–Trinajstić information content (AvgIpc) is 2.81. The molecule has 2 rings (SSSR count). The highest BCUT2D eigenvalue weighted by molar-refractivity contribution is 5.94. The summed E-state index contributed by atoms with van der Waals surface area (Å²) in [6, 6.07) is 5.62. The van der Waals surface area contributed by atoms with E-state index in [4.69, 9.17) is 4.74 Å². The molecule has 0 radical (unpaired) electrons. The number of amides is 1. The van der Waals surface area contributed by atoms with Crippen LogP contribution in [-0.2, 0) is 6.42 Å². The molecule has 0 saturated carbocycles. The molecule has 0 aromatic heterocycles. The predicted octanol–water partition coefficient (Wildman–Crippen LogP) is 0.961. The SMILES string of the molecule is CNCCCNC(=O)c1ccc2c(c1)CCO2. The highest BCUT2D eigenvalue weighted by atomic mass is 16.5. The molecule has 4 nitrogen and oxygen atoms in total. The second kappa shape index (κ2) is 5.68. The van der Waals surface area contributed by atoms with Crippen LogP contribution in [0.5, 0.6) is 5.75 Å². The molecule has 92 valence electrons. The summed E-state index contributed by atoms with van der Waals surface area (Å²) in [5.74, 6) is 0.910. The number of hydrogen-bond donors (Lipinski definition) is 2. The predicted molar refractivity (Wildman–Crippen MR) is 66.5 cm³/mol. The first-order valence-electron chi connectivity index (χ1n) is 6.00. The fraction of sp³-hybridized carbons (Fsp3) is 0.462. The molecule has 0 atom stereocenters. The van der Waals surface area contributed by atoms with Crippen molar-refractivity contribution in [3.8, 4) is 5.75 Å². The van der Waals surface area contributed by atoms with Crippen LogP contribution in [0.15, 0.2) is 18.2 Å². The summed E-state index contributed by atoms with van der Waals surface area (Å²) in [6.07, 6.45) is 1.84. The Morgan fingerprint density at radius 2 is 2.29 bits per heavy atom. The van der Waals surface area contributed by atoms with Crippen LogP contribution in [0.25, 0.3) is 0 Å². The van der Waals surface area contributed by atoms with Crippen molar-refractivity contribution >= 4 is 5.91 Å². The lowest BCUT2D eigenvalue weighted by molar-refractivity contribution is 0.0953. The molecule has 1 aromatic rings. The van der Waals surface area contributed by atoms with Crippen molar-refractivity contribution in [2.45, 2.75) is 12.8 Å². The first kappa shape index (κ1) is 11.9. The number of nitrogens with one attached hydrogen (secondary N) is 2. The summed E-state index contributed by atoms with van der Waals surface area (Å²) in [4.78, 5) is 11.8. The summed E-state index contributed by atoms with van der Waals surface area (Å²) < 4.78 is 5.41. The molecule has 0 fully saturated rings. The van der Waals surface area contributed by atoms with E-state index in [1.165, 1.54) is 0 Å². The van der Waals surface area contributed by atoms with Gasteiger partial charge in [0.1, 0.15) is 5.75 Å². The number of hydrogen-bond acceptors (Lipinski definition) is 3. The van der Waals surface area contributed by atoms with Crippen molar-refractivity contribution in [1.82, 2.24) is 10.6 Å². The number of rotatable bonds is 5. The van der Waals surface area contributed by atoms with Crippen molar-refractivity contribution in [2.24, 2.45) is 0 Å². The Balaban J connectivity index is 1.91. The average molecular weight is 234 g/mol. The van der Waals surface area contributed by atoms with E-state index in [1.807, 2.05) is 25.2 Å². The van der Waals surface area contributed by atoms with E-state index in [0.717, 1.165) is 42.9 Å². The zero-order valence-corrected chi connectivity index (χ0v) is 10.1. The Morgan fingerprint density at radius 1 is 1.41 bits per heavy atom. The molecule has 1 heterocycles. The number of carbonyl (C=O) groups excluding carboxylic acids is 1. The van der Waals surface area contributed by atoms with Crippen LogP contribution in [-0.4, -0.2) is 32.7 Å². The standard InChI is InChI=1S/C13H18N2O2/c1-14-6-2-7-15-13(16)11-3-4-12-10(9-11)5-8-17-12/h3-4,9,14H,2,5-8H2,1H3,(H,15,16). The zero-order chi connectivity index (χ0) is 12.1. The Labute approximate surface area is 101 Å². The second-order valence-electron chi connectivity index (χ2n) is 4.13. The molecule has 1 aliphatic heterocycles. The molecule has 1 aromatic carbocycles. The molecule has 1 amide bonds. The molecule has 4 heteroatoms. The van der Waals surface area contributed by atoms with Crippen molar-refractivity contribution in [3.63, 3.8) is 0 Å². The summed E-state index contributed by atoms with van der Waals surface area (Å²) in [6.45, 7) is 2.34. The van der Waals surface area contributed by atoms with Crippen molar-refractivity contribution in [3.05, 3.63) is 29.3 Å². The summed E-state index contributed by atoms with van der Waals surface area (Å²) in [7, 11) is 1.91. The molecule has 1 aliphatic rings. The molecule has 0 unspecified atom stereocenters. The van der Waals surface area contributed by atoms with E-state index >= 15 is 0 Å². The van der Waals surface area contributed by atoms with Crippen LogP contribution in [0, 0.1) is 0 Å². The smallest absolute Gasteiger partial charge is 0.251 e. The fourth-order valence-corrected chi connectivity index (χ4v) is 1.90. The molecule has 0 spiro atoms. The van der Waals surface area contributed by atoms with Gasteiger partial charge in [-0.05, 0) is 43.8 Å². The normalized spacial score (nSPS) is 13.0. The minimum atomic E-state index is -0.00389. The molecule has 0 aliphatic carbocycles. The van der Waals surface area contributed by atoms with Gasteiger partial charge in [0.15, 0.2) is 0 Å². The van der Waals surface area contributed by atoms with E-state index in [2.05, 4.69) is 10.6 Å². The molecule has 2 N–H and O–H groups in total. The highest BCUT2D eigenvalue weighted by Crippen LogP contribution is 2.25. The van der Waals surface area contributed by atoms with E-state index in [-0.39, 0.29) is 5.91 Å². The quantitative estimate of drug-likeness (QED) is 0.746. The van der Waals surface area contributed by atoms with Gasteiger partial charge in [0.25, 0.3) is 5.91 Å². The zero-order valence-electron chi connectivity index (χ0n) is 10.1. The lowest BCUT2D eigenvalue weighted by atomic mass is 10.1. The minimum absolute atomic E-state index is 0.00389. The van der Waals surface area contributed by atoms with Crippen LogP contribution < -0.4 is 15.4 Å². The third-order valence-corrected chi connectivity index (χ3v) is 2.84. The van der Waals surface area contributed by atoms with Gasteiger partial charge < -0.3 is 15.4 Å². The Bertz CT molecular complexity index is 404. The lowest BCUT2D eigenvalue weighted by Gasteiger charge is -2.06. The van der Waals surface area contributed by atoms with Gasteiger partial charge >= 0.3 is 0 Å².